The minimum Gasteiger partial charge on any atom is -0.289 e. The van der Waals surface area contributed by atoms with E-state index in [9.17, 15) is 4.79 Å². The lowest BCUT2D eigenvalue weighted by molar-refractivity contribution is 0.104. The van der Waals surface area contributed by atoms with E-state index in [1.165, 1.54) is 0 Å². The van der Waals surface area contributed by atoms with Gasteiger partial charge in [-0.25, -0.2) is 0 Å². The first kappa shape index (κ1) is 12.8. The van der Waals surface area contributed by atoms with Crippen LogP contribution in [0.1, 0.15) is 15.9 Å². The summed E-state index contributed by atoms with van der Waals surface area (Å²) in [5.41, 5.74) is 2.77. The van der Waals surface area contributed by atoms with Crippen molar-refractivity contribution in [1.82, 2.24) is 0 Å². The Balaban J connectivity index is 2.29. The lowest BCUT2D eigenvalue weighted by atomic mass is 10.0. The quantitative estimate of drug-likeness (QED) is 0.466. The Bertz CT molecular complexity index is 544. The fourth-order valence-corrected chi connectivity index (χ4v) is 2.18. The maximum Gasteiger partial charge on any atom is 0.186 e. The topological polar surface area (TPSA) is 17.1 Å². The van der Waals surface area contributed by atoms with Crippen LogP contribution >= 0.6 is 15.9 Å². The van der Waals surface area contributed by atoms with Gasteiger partial charge in [0, 0.05) is 10.9 Å². The maximum atomic E-state index is 12.1. The molecule has 0 saturated heterocycles. The van der Waals surface area contributed by atoms with Crippen LogP contribution in [0.15, 0.2) is 66.7 Å². The third-order valence-electron chi connectivity index (χ3n) is 2.65. The van der Waals surface area contributed by atoms with Gasteiger partial charge in [0.25, 0.3) is 0 Å². The first-order chi connectivity index (χ1) is 8.81. The Morgan fingerprint density at radius 1 is 0.889 bits per heavy atom. The van der Waals surface area contributed by atoms with Crippen LogP contribution in [-0.2, 0) is 0 Å². The molecule has 2 heteroatoms. The van der Waals surface area contributed by atoms with Crippen molar-refractivity contribution in [1.29, 1.82) is 0 Å². The predicted molar refractivity (Wildman–Crippen MR) is 79.0 cm³/mol. The third-order valence-corrected chi connectivity index (χ3v) is 3.26. The SMILES string of the molecule is O=C(C=C(CBr)c1ccccc1)c1ccccc1. The Morgan fingerprint density at radius 2 is 1.39 bits per heavy atom. The van der Waals surface area contributed by atoms with Crippen molar-refractivity contribution in [2.24, 2.45) is 0 Å². The fourth-order valence-electron chi connectivity index (χ4n) is 1.70. The van der Waals surface area contributed by atoms with Gasteiger partial charge in [-0.05, 0) is 17.2 Å². The summed E-state index contributed by atoms with van der Waals surface area (Å²) in [4.78, 5) is 12.1. The van der Waals surface area contributed by atoms with Crippen molar-refractivity contribution >= 4 is 27.3 Å². The van der Waals surface area contributed by atoms with Gasteiger partial charge < -0.3 is 0 Å². The molecule has 2 aromatic carbocycles. The second-order valence-corrected chi connectivity index (χ2v) is 4.46. The lowest BCUT2D eigenvalue weighted by Crippen LogP contribution is -1.97. The van der Waals surface area contributed by atoms with Gasteiger partial charge in [-0.3, -0.25) is 4.79 Å². The molecular weight excluding hydrogens is 288 g/mol. The van der Waals surface area contributed by atoms with Gasteiger partial charge in [0.1, 0.15) is 0 Å². The van der Waals surface area contributed by atoms with Crippen LogP contribution in [-0.4, -0.2) is 11.1 Å². The summed E-state index contributed by atoms with van der Waals surface area (Å²) >= 11 is 3.43. The van der Waals surface area contributed by atoms with Crippen LogP contribution in [0.4, 0.5) is 0 Å². The highest BCUT2D eigenvalue weighted by molar-refractivity contribution is 9.09. The van der Waals surface area contributed by atoms with E-state index < -0.39 is 0 Å². The van der Waals surface area contributed by atoms with Gasteiger partial charge in [-0.1, -0.05) is 76.6 Å². The van der Waals surface area contributed by atoms with E-state index in [1.54, 1.807) is 6.08 Å². The lowest BCUT2D eigenvalue weighted by Gasteiger charge is -2.03. The van der Waals surface area contributed by atoms with Crippen LogP contribution < -0.4 is 0 Å². The maximum absolute atomic E-state index is 12.1. The number of halogens is 1. The number of ketones is 1. The second kappa shape index (κ2) is 6.31. The van der Waals surface area contributed by atoms with Gasteiger partial charge in [0.05, 0.1) is 0 Å². The standard InChI is InChI=1S/C16H13BrO/c17-12-15(13-7-3-1-4-8-13)11-16(18)14-9-5-2-6-10-14/h1-11H,12H2. The van der Waals surface area contributed by atoms with E-state index in [4.69, 9.17) is 0 Å². The molecule has 1 nitrogen and oxygen atoms in total. The molecule has 2 rings (SSSR count). The van der Waals surface area contributed by atoms with Crippen molar-refractivity contribution in [3.05, 3.63) is 77.9 Å². The Morgan fingerprint density at radius 3 is 1.89 bits per heavy atom. The number of hydrogen-bond acceptors (Lipinski definition) is 1. The summed E-state index contributed by atoms with van der Waals surface area (Å²) in [7, 11) is 0. The first-order valence-electron chi connectivity index (χ1n) is 5.72. The summed E-state index contributed by atoms with van der Waals surface area (Å²) < 4.78 is 0. The van der Waals surface area contributed by atoms with Crippen LogP contribution in [0.25, 0.3) is 5.57 Å². The second-order valence-electron chi connectivity index (χ2n) is 3.90. The first-order valence-corrected chi connectivity index (χ1v) is 6.85. The zero-order chi connectivity index (χ0) is 12.8. The van der Waals surface area contributed by atoms with Gasteiger partial charge >= 0.3 is 0 Å². The Hall–Kier alpha value is -1.67. The molecular formula is C16H13BrO. The van der Waals surface area contributed by atoms with E-state index in [2.05, 4.69) is 15.9 Å². The summed E-state index contributed by atoms with van der Waals surface area (Å²) in [5.74, 6) is 0.0360. The smallest absolute Gasteiger partial charge is 0.186 e. The molecule has 0 aliphatic rings. The number of carbonyl (C=O) groups excluding carboxylic acids is 1. The van der Waals surface area contributed by atoms with Gasteiger partial charge in [-0.2, -0.15) is 0 Å². The molecule has 0 aliphatic carbocycles. The average molecular weight is 301 g/mol. The van der Waals surface area contributed by atoms with Crippen molar-refractivity contribution in [3.63, 3.8) is 0 Å². The molecule has 0 unspecified atom stereocenters. The summed E-state index contributed by atoms with van der Waals surface area (Å²) in [5, 5.41) is 0.662. The Labute approximate surface area is 115 Å². The molecule has 0 heterocycles. The highest BCUT2D eigenvalue weighted by atomic mass is 79.9. The van der Waals surface area contributed by atoms with E-state index in [1.807, 2.05) is 60.7 Å². The molecule has 0 bridgehead atoms. The predicted octanol–water partition coefficient (Wildman–Crippen LogP) is 4.35. The zero-order valence-corrected chi connectivity index (χ0v) is 11.4. The summed E-state index contributed by atoms with van der Waals surface area (Å²) in [6, 6.07) is 19.2. The third kappa shape index (κ3) is 3.17. The molecule has 0 atom stereocenters. The fraction of sp³-hybridized carbons (Fsp3) is 0.0625. The molecule has 18 heavy (non-hydrogen) atoms. The molecule has 0 spiro atoms. The highest BCUT2D eigenvalue weighted by Crippen LogP contribution is 2.17. The number of hydrogen-bond donors (Lipinski definition) is 0. The van der Waals surface area contributed by atoms with Gasteiger partial charge in [0.15, 0.2) is 5.78 Å². The van der Waals surface area contributed by atoms with Crippen molar-refractivity contribution in [2.75, 3.05) is 5.33 Å². The van der Waals surface area contributed by atoms with Gasteiger partial charge in [-0.15, -0.1) is 0 Å². The summed E-state index contributed by atoms with van der Waals surface area (Å²) in [6.45, 7) is 0. The molecule has 0 N–H and O–H groups in total. The number of rotatable bonds is 4. The molecule has 0 amide bonds. The number of carbonyl (C=O) groups is 1. The zero-order valence-electron chi connectivity index (χ0n) is 9.84. The average Bonchev–Trinajstić information content (AvgIpc) is 2.46. The van der Waals surface area contributed by atoms with E-state index in [0.717, 1.165) is 11.1 Å². The molecule has 0 radical (unpaired) electrons. The van der Waals surface area contributed by atoms with E-state index in [-0.39, 0.29) is 5.78 Å². The minimum atomic E-state index is 0.0360. The molecule has 0 fully saturated rings. The molecule has 0 aromatic heterocycles. The van der Waals surface area contributed by atoms with Crippen molar-refractivity contribution in [2.45, 2.75) is 0 Å². The van der Waals surface area contributed by atoms with Gasteiger partial charge in [0.2, 0.25) is 0 Å². The number of alkyl halides is 1. The van der Waals surface area contributed by atoms with E-state index in [0.29, 0.717) is 10.9 Å². The summed E-state index contributed by atoms with van der Waals surface area (Å²) in [6.07, 6.45) is 1.69. The molecule has 2 aromatic rings. The van der Waals surface area contributed by atoms with Crippen LogP contribution in [0.2, 0.25) is 0 Å². The number of benzene rings is 2. The molecule has 0 aliphatic heterocycles. The van der Waals surface area contributed by atoms with E-state index >= 15 is 0 Å². The van der Waals surface area contributed by atoms with Crippen LogP contribution in [0.5, 0.6) is 0 Å². The highest BCUT2D eigenvalue weighted by Gasteiger charge is 2.05. The molecule has 0 saturated carbocycles. The monoisotopic (exact) mass is 300 g/mol. The van der Waals surface area contributed by atoms with Crippen LogP contribution in [0, 0.1) is 0 Å². The van der Waals surface area contributed by atoms with Crippen molar-refractivity contribution in [3.8, 4) is 0 Å². The molecule has 90 valence electrons. The van der Waals surface area contributed by atoms with Crippen molar-refractivity contribution < 1.29 is 4.79 Å². The minimum absolute atomic E-state index is 0.0360. The Kier molecular flexibility index (Phi) is 4.48. The van der Waals surface area contributed by atoms with Crippen LogP contribution in [0.3, 0.4) is 0 Å². The normalized spacial score (nSPS) is 11.3. The largest absolute Gasteiger partial charge is 0.289 e. The number of allylic oxidation sites excluding steroid dienone is 2.